The Hall–Kier alpha value is -1.55. The monoisotopic (exact) mass is 232 g/mol. The van der Waals surface area contributed by atoms with Gasteiger partial charge in [0.25, 0.3) is 0 Å². The zero-order valence-corrected chi connectivity index (χ0v) is 9.89. The lowest BCUT2D eigenvalue weighted by molar-refractivity contribution is 0.155. The van der Waals surface area contributed by atoms with Gasteiger partial charge < -0.3 is 14.2 Å². The minimum absolute atomic E-state index is 0.295. The Bertz CT molecular complexity index is 514. The van der Waals surface area contributed by atoms with E-state index in [1.54, 1.807) is 6.26 Å². The van der Waals surface area contributed by atoms with E-state index in [0.29, 0.717) is 0 Å². The van der Waals surface area contributed by atoms with Crippen molar-refractivity contribution in [2.75, 3.05) is 0 Å². The molecule has 0 bridgehead atoms. The number of hydrogen-bond acceptors (Lipinski definition) is 3. The number of aromatic nitrogens is 2. The van der Waals surface area contributed by atoms with Crippen molar-refractivity contribution in [2.24, 2.45) is 0 Å². The van der Waals surface area contributed by atoms with Crippen LogP contribution < -0.4 is 0 Å². The first-order valence-electron chi connectivity index (χ1n) is 6.02. The van der Waals surface area contributed by atoms with E-state index in [0.717, 1.165) is 37.1 Å². The molecular formula is C13H16N2O2. The fourth-order valence-corrected chi connectivity index (χ4v) is 2.64. The highest BCUT2D eigenvalue weighted by atomic mass is 16.5. The van der Waals surface area contributed by atoms with Crippen molar-refractivity contribution in [3.8, 4) is 0 Å². The van der Waals surface area contributed by atoms with Gasteiger partial charge >= 0.3 is 0 Å². The van der Waals surface area contributed by atoms with E-state index in [4.69, 9.17) is 4.52 Å². The number of aliphatic hydroxyl groups is 1. The normalized spacial score (nSPS) is 19.3. The van der Waals surface area contributed by atoms with Crippen molar-refractivity contribution in [3.63, 3.8) is 0 Å². The lowest BCUT2D eigenvalue weighted by Crippen LogP contribution is -2.13. The summed E-state index contributed by atoms with van der Waals surface area (Å²) in [5.41, 5.74) is 4.45. The molecule has 1 aliphatic rings. The van der Waals surface area contributed by atoms with Gasteiger partial charge in [0.05, 0.1) is 12.6 Å². The van der Waals surface area contributed by atoms with E-state index in [2.05, 4.69) is 22.7 Å². The first-order valence-corrected chi connectivity index (χ1v) is 6.02. The first-order chi connectivity index (χ1) is 8.25. The van der Waals surface area contributed by atoms with Gasteiger partial charge in [-0.3, -0.25) is 0 Å². The summed E-state index contributed by atoms with van der Waals surface area (Å²) in [4.78, 5) is 0. The highest BCUT2D eigenvalue weighted by Crippen LogP contribution is 2.32. The summed E-state index contributed by atoms with van der Waals surface area (Å²) in [7, 11) is 0. The van der Waals surface area contributed by atoms with Crippen molar-refractivity contribution in [1.82, 2.24) is 9.72 Å². The van der Waals surface area contributed by atoms with Crippen molar-refractivity contribution in [3.05, 3.63) is 41.0 Å². The van der Waals surface area contributed by atoms with Crippen LogP contribution >= 0.6 is 0 Å². The molecule has 1 atom stereocenters. The van der Waals surface area contributed by atoms with Crippen LogP contribution in [0.5, 0.6) is 0 Å². The summed E-state index contributed by atoms with van der Waals surface area (Å²) >= 11 is 0. The van der Waals surface area contributed by atoms with Gasteiger partial charge in [0.2, 0.25) is 0 Å². The van der Waals surface area contributed by atoms with E-state index in [1.165, 1.54) is 11.4 Å². The average molecular weight is 232 g/mol. The molecule has 4 heteroatoms. The molecule has 1 aliphatic carbocycles. The van der Waals surface area contributed by atoms with Crippen molar-refractivity contribution >= 4 is 0 Å². The van der Waals surface area contributed by atoms with Crippen molar-refractivity contribution < 1.29 is 9.63 Å². The zero-order chi connectivity index (χ0) is 11.8. The smallest absolute Gasteiger partial charge is 0.124 e. The molecule has 0 saturated heterocycles. The minimum atomic E-state index is -0.295. The molecule has 1 unspecified atom stereocenters. The van der Waals surface area contributed by atoms with E-state index >= 15 is 0 Å². The Balaban J connectivity index is 1.99. The maximum absolute atomic E-state index is 9.98. The number of aryl methyl sites for hydroxylation is 1. The maximum Gasteiger partial charge on any atom is 0.124 e. The van der Waals surface area contributed by atoms with Crippen LogP contribution in [0, 0.1) is 6.92 Å². The molecule has 2 aromatic rings. The summed E-state index contributed by atoms with van der Waals surface area (Å²) in [6, 6.07) is 3.98. The Kier molecular flexibility index (Phi) is 2.52. The molecule has 2 aromatic heterocycles. The van der Waals surface area contributed by atoms with Gasteiger partial charge in [0.1, 0.15) is 12.0 Å². The fourth-order valence-electron chi connectivity index (χ4n) is 2.64. The van der Waals surface area contributed by atoms with Crippen LogP contribution in [0.2, 0.25) is 0 Å². The quantitative estimate of drug-likeness (QED) is 0.863. The predicted octanol–water partition coefficient (Wildman–Crippen LogP) is 2.20. The second-order valence-electron chi connectivity index (χ2n) is 4.67. The van der Waals surface area contributed by atoms with Crippen molar-refractivity contribution in [1.29, 1.82) is 0 Å². The molecule has 0 amide bonds. The van der Waals surface area contributed by atoms with Crippen LogP contribution in [0.1, 0.15) is 41.6 Å². The molecule has 90 valence electrons. The molecule has 0 radical (unpaired) electrons. The van der Waals surface area contributed by atoms with Crippen LogP contribution in [0.4, 0.5) is 0 Å². The lowest BCUT2D eigenvalue weighted by Gasteiger charge is -2.20. The molecule has 3 rings (SSSR count). The third kappa shape index (κ3) is 1.78. The standard InChI is InChI=1S/C13H16N2O2/c1-9-7-11-12(3-2-4-13(11)16)15(9)8-10-5-6-17-14-10/h5-7,13,16H,2-4,8H2,1H3. The number of nitrogens with zero attached hydrogens (tertiary/aromatic N) is 2. The average Bonchev–Trinajstić information content (AvgIpc) is 2.91. The van der Waals surface area contributed by atoms with Crippen LogP contribution in [0.3, 0.4) is 0 Å². The molecule has 1 N–H and O–H groups in total. The molecule has 0 aliphatic heterocycles. The van der Waals surface area contributed by atoms with Crippen LogP contribution in [-0.2, 0) is 13.0 Å². The summed E-state index contributed by atoms with van der Waals surface area (Å²) in [5, 5.41) is 13.9. The number of hydrogen-bond donors (Lipinski definition) is 1. The topological polar surface area (TPSA) is 51.2 Å². The van der Waals surface area contributed by atoms with Gasteiger partial charge in [-0.1, -0.05) is 5.16 Å². The summed E-state index contributed by atoms with van der Waals surface area (Å²) < 4.78 is 7.09. The molecule has 0 saturated carbocycles. The van der Waals surface area contributed by atoms with E-state index in [9.17, 15) is 5.11 Å². The third-order valence-corrected chi connectivity index (χ3v) is 3.51. The van der Waals surface area contributed by atoms with Crippen LogP contribution in [-0.4, -0.2) is 14.8 Å². The number of aliphatic hydroxyl groups excluding tert-OH is 1. The minimum Gasteiger partial charge on any atom is -0.388 e. The van der Waals surface area contributed by atoms with Crippen LogP contribution in [0.25, 0.3) is 0 Å². The molecule has 2 heterocycles. The Morgan fingerprint density at radius 1 is 1.59 bits per heavy atom. The molecule has 0 fully saturated rings. The highest BCUT2D eigenvalue weighted by molar-refractivity contribution is 5.32. The molecule has 17 heavy (non-hydrogen) atoms. The van der Waals surface area contributed by atoms with Gasteiger partial charge in [-0.2, -0.15) is 0 Å². The van der Waals surface area contributed by atoms with Crippen molar-refractivity contribution in [2.45, 2.75) is 38.8 Å². The number of rotatable bonds is 2. The second kappa shape index (κ2) is 4.04. The number of fused-ring (bicyclic) bond motifs is 1. The predicted molar refractivity (Wildman–Crippen MR) is 62.7 cm³/mol. The van der Waals surface area contributed by atoms with E-state index in [1.807, 2.05) is 6.07 Å². The SMILES string of the molecule is Cc1cc2c(n1Cc1ccon1)CCCC2O. The van der Waals surface area contributed by atoms with Gasteiger partial charge in [0, 0.05) is 23.0 Å². The molecule has 4 nitrogen and oxygen atoms in total. The summed E-state index contributed by atoms with van der Waals surface area (Å²) in [6.45, 7) is 2.80. The fraction of sp³-hybridized carbons (Fsp3) is 0.462. The summed E-state index contributed by atoms with van der Waals surface area (Å²) in [5.74, 6) is 0. The third-order valence-electron chi connectivity index (χ3n) is 3.51. The van der Waals surface area contributed by atoms with Gasteiger partial charge in [0.15, 0.2) is 0 Å². The molecule has 0 aromatic carbocycles. The second-order valence-corrected chi connectivity index (χ2v) is 4.67. The summed E-state index contributed by atoms with van der Waals surface area (Å²) in [6.07, 6.45) is 4.26. The zero-order valence-electron chi connectivity index (χ0n) is 9.89. The molecular weight excluding hydrogens is 216 g/mol. The molecule has 0 spiro atoms. The Labute approximate surface area is 99.9 Å². The van der Waals surface area contributed by atoms with Gasteiger partial charge in [-0.05, 0) is 32.3 Å². The van der Waals surface area contributed by atoms with E-state index < -0.39 is 0 Å². The lowest BCUT2D eigenvalue weighted by atomic mass is 9.95. The largest absolute Gasteiger partial charge is 0.388 e. The van der Waals surface area contributed by atoms with E-state index in [-0.39, 0.29) is 6.10 Å². The van der Waals surface area contributed by atoms with Gasteiger partial charge in [-0.15, -0.1) is 0 Å². The first kappa shape index (κ1) is 10.6. The van der Waals surface area contributed by atoms with Crippen LogP contribution in [0.15, 0.2) is 22.9 Å². The Morgan fingerprint density at radius 2 is 2.47 bits per heavy atom. The van der Waals surface area contributed by atoms with Gasteiger partial charge in [-0.25, -0.2) is 0 Å². The maximum atomic E-state index is 9.98. The Morgan fingerprint density at radius 3 is 3.24 bits per heavy atom. The highest BCUT2D eigenvalue weighted by Gasteiger charge is 2.23.